The molecule has 2 aromatic carbocycles. The molecule has 0 bridgehead atoms. The number of anilines is 1. The number of fused-ring (bicyclic) bond motifs is 1. The van der Waals surface area contributed by atoms with Gasteiger partial charge >= 0.3 is 6.03 Å². The van der Waals surface area contributed by atoms with Crippen LogP contribution in [0, 0.1) is 0 Å². The summed E-state index contributed by atoms with van der Waals surface area (Å²) in [6.07, 6.45) is 3.49. The Labute approximate surface area is 153 Å². The van der Waals surface area contributed by atoms with E-state index < -0.39 is 0 Å². The Hall–Kier alpha value is -2.89. The number of carbonyl (C=O) groups is 1. The average Bonchev–Trinajstić information content (AvgIpc) is 3.13. The molecule has 0 unspecified atom stereocenters. The minimum atomic E-state index is -0.325. The van der Waals surface area contributed by atoms with E-state index in [1.807, 2.05) is 6.07 Å². The van der Waals surface area contributed by atoms with Crippen molar-refractivity contribution in [2.75, 3.05) is 32.7 Å². The van der Waals surface area contributed by atoms with Crippen LogP contribution < -0.4 is 24.8 Å². The number of carbonyl (C=O) groups excluding carboxylic acids is 1. The van der Waals surface area contributed by atoms with E-state index in [9.17, 15) is 4.79 Å². The number of nitrogens with one attached hydrogen (secondary N) is 2. The Morgan fingerprint density at radius 1 is 1.00 bits per heavy atom. The Morgan fingerprint density at radius 2 is 1.81 bits per heavy atom. The molecular formula is C20H24N2O4. The number of rotatable bonds is 7. The highest BCUT2D eigenvalue weighted by Crippen LogP contribution is 2.29. The van der Waals surface area contributed by atoms with Crippen molar-refractivity contribution in [2.45, 2.75) is 19.3 Å². The van der Waals surface area contributed by atoms with E-state index in [0.717, 1.165) is 18.6 Å². The van der Waals surface area contributed by atoms with Gasteiger partial charge in [0, 0.05) is 6.07 Å². The molecule has 0 radical (unpaired) electrons. The van der Waals surface area contributed by atoms with Crippen LogP contribution >= 0.6 is 0 Å². The monoisotopic (exact) mass is 356 g/mol. The van der Waals surface area contributed by atoms with Gasteiger partial charge in [-0.15, -0.1) is 0 Å². The second-order valence-corrected chi connectivity index (χ2v) is 6.08. The second kappa shape index (κ2) is 8.47. The third-order valence-electron chi connectivity index (χ3n) is 4.38. The van der Waals surface area contributed by atoms with E-state index in [1.54, 1.807) is 32.4 Å². The molecule has 0 atom stereocenters. The number of hydrogen-bond acceptors (Lipinski definition) is 4. The van der Waals surface area contributed by atoms with Crippen LogP contribution in [0.15, 0.2) is 36.4 Å². The largest absolute Gasteiger partial charge is 0.497 e. The third kappa shape index (κ3) is 4.39. The summed E-state index contributed by atoms with van der Waals surface area (Å²) < 4.78 is 16.1. The highest BCUT2D eigenvalue weighted by molar-refractivity contribution is 5.91. The molecule has 0 saturated heterocycles. The third-order valence-corrected chi connectivity index (χ3v) is 4.38. The molecule has 1 aliphatic carbocycles. The fraction of sp³-hybridized carbons (Fsp3) is 0.350. The van der Waals surface area contributed by atoms with Gasteiger partial charge in [-0.25, -0.2) is 4.79 Å². The maximum Gasteiger partial charge on any atom is 0.319 e. The first kappa shape index (κ1) is 17.9. The first-order valence-corrected chi connectivity index (χ1v) is 8.71. The molecule has 0 saturated carbocycles. The van der Waals surface area contributed by atoms with Gasteiger partial charge in [-0.1, -0.05) is 6.07 Å². The van der Waals surface area contributed by atoms with Crippen molar-refractivity contribution in [3.63, 3.8) is 0 Å². The summed E-state index contributed by atoms with van der Waals surface area (Å²) in [5.41, 5.74) is 3.34. The number of ether oxygens (including phenoxy) is 3. The zero-order valence-corrected chi connectivity index (χ0v) is 15.1. The van der Waals surface area contributed by atoms with E-state index >= 15 is 0 Å². The summed E-state index contributed by atoms with van der Waals surface area (Å²) in [5.74, 6) is 2.05. The van der Waals surface area contributed by atoms with Gasteiger partial charge in [0.2, 0.25) is 0 Å². The first-order chi connectivity index (χ1) is 12.7. The zero-order valence-electron chi connectivity index (χ0n) is 15.1. The van der Waals surface area contributed by atoms with Crippen molar-refractivity contribution in [2.24, 2.45) is 0 Å². The lowest BCUT2D eigenvalue weighted by Gasteiger charge is -2.13. The Kier molecular flexibility index (Phi) is 5.84. The molecule has 1 aliphatic rings. The normalized spacial score (nSPS) is 12.2. The van der Waals surface area contributed by atoms with Crippen LogP contribution in [0.1, 0.15) is 17.5 Å². The number of benzene rings is 2. The number of hydrogen-bond donors (Lipinski definition) is 2. The van der Waals surface area contributed by atoms with E-state index in [2.05, 4.69) is 22.8 Å². The smallest absolute Gasteiger partial charge is 0.319 e. The van der Waals surface area contributed by atoms with Crippen LogP contribution in [0.4, 0.5) is 10.5 Å². The molecule has 0 aliphatic heterocycles. The van der Waals surface area contributed by atoms with Crippen LogP contribution in [-0.2, 0) is 12.8 Å². The van der Waals surface area contributed by atoms with Crippen LogP contribution in [0.25, 0.3) is 0 Å². The van der Waals surface area contributed by atoms with Crippen molar-refractivity contribution in [1.29, 1.82) is 0 Å². The number of aryl methyl sites for hydroxylation is 2. The highest BCUT2D eigenvalue weighted by Gasteiger charge is 2.11. The molecule has 2 amide bonds. The predicted molar refractivity (Wildman–Crippen MR) is 101 cm³/mol. The minimum absolute atomic E-state index is 0.325. The Balaban J connectivity index is 1.46. The molecule has 138 valence electrons. The van der Waals surface area contributed by atoms with E-state index in [4.69, 9.17) is 14.2 Å². The van der Waals surface area contributed by atoms with Crippen LogP contribution in [0.2, 0.25) is 0 Å². The molecular weight excluding hydrogens is 332 g/mol. The fourth-order valence-electron chi connectivity index (χ4n) is 3.05. The topological polar surface area (TPSA) is 68.8 Å². The summed E-state index contributed by atoms with van der Waals surface area (Å²) in [7, 11) is 3.12. The van der Waals surface area contributed by atoms with Gasteiger partial charge in [-0.3, -0.25) is 0 Å². The minimum Gasteiger partial charge on any atom is -0.497 e. The quantitative estimate of drug-likeness (QED) is 0.746. The summed E-state index contributed by atoms with van der Waals surface area (Å²) in [6.45, 7) is 0.802. The second-order valence-electron chi connectivity index (χ2n) is 6.08. The van der Waals surface area contributed by atoms with Gasteiger partial charge in [0.25, 0.3) is 0 Å². The summed E-state index contributed by atoms with van der Waals surface area (Å²) >= 11 is 0. The summed E-state index contributed by atoms with van der Waals surface area (Å²) in [4.78, 5) is 12.1. The maximum absolute atomic E-state index is 12.1. The zero-order chi connectivity index (χ0) is 18.4. The maximum atomic E-state index is 12.1. The number of amides is 2. The standard InChI is InChI=1S/C20H24N2O4/c1-24-16-8-9-19(25-2)18(13-16)22-20(23)21-10-11-26-17-7-6-14-4-3-5-15(14)12-17/h6-9,12-13H,3-5,10-11H2,1-2H3,(H2,21,22,23). The Bertz CT molecular complexity index is 776. The van der Waals surface area contributed by atoms with Gasteiger partial charge in [0.1, 0.15) is 23.9 Å². The molecule has 0 aromatic heterocycles. The van der Waals surface area contributed by atoms with Crippen LogP contribution in [0.5, 0.6) is 17.2 Å². The lowest BCUT2D eigenvalue weighted by molar-refractivity contribution is 0.247. The highest BCUT2D eigenvalue weighted by atomic mass is 16.5. The average molecular weight is 356 g/mol. The SMILES string of the molecule is COc1ccc(OC)c(NC(=O)NCCOc2ccc3c(c2)CCC3)c1. The van der Waals surface area contributed by atoms with Crippen molar-refractivity contribution >= 4 is 11.7 Å². The predicted octanol–water partition coefficient (Wildman–Crippen LogP) is 3.39. The summed E-state index contributed by atoms with van der Waals surface area (Å²) in [5, 5.41) is 5.53. The lowest BCUT2D eigenvalue weighted by atomic mass is 10.1. The van der Waals surface area contributed by atoms with Crippen molar-refractivity contribution in [1.82, 2.24) is 5.32 Å². The van der Waals surface area contributed by atoms with Gasteiger partial charge < -0.3 is 24.8 Å². The summed E-state index contributed by atoms with van der Waals surface area (Å²) in [6, 6.07) is 11.1. The molecule has 2 aromatic rings. The molecule has 0 heterocycles. The number of urea groups is 1. The van der Waals surface area contributed by atoms with Crippen molar-refractivity contribution < 1.29 is 19.0 Å². The first-order valence-electron chi connectivity index (χ1n) is 8.71. The van der Waals surface area contributed by atoms with Gasteiger partial charge in [0.15, 0.2) is 0 Å². The number of methoxy groups -OCH3 is 2. The van der Waals surface area contributed by atoms with Crippen molar-refractivity contribution in [3.05, 3.63) is 47.5 Å². The Morgan fingerprint density at radius 3 is 2.62 bits per heavy atom. The van der Waals surface area contributed by atoms with E-state index in [1.165, 1.54) is 17.5 Å². The lowest BCUT2D eigenvalue weighted by Crippen LogP contribution is -2.32. The van der Waals surface area contributed by atoms with E-state index in [0.29, 0.717) is 30.3 Å². The molecule has 26 heavy (non-hydrogen) atoms. The molecule has 0 fully saturated rings. The van der Waals surface area contributed by atoms with Crippen LogP contribution in [0.3, 0.4) is 0 Å². The fourth-order valence-corrected chi connectivity index (χ4v) is 3.05. The van der Waals surface area contributed by atoms with Gasteiger partial charge in [0.05, 0.1) is 26.5 Å². The van der Waals surface area contributed by atoms with E-state index in [-0.39, 0.29) is 6.03 Å². The molecule has 2 N–H and O–H groups in total. The van der Waals surface area contributed by atoms with Gasteiger partial charge in [-0.2, -0.15) is 0 Å². The van der Waals surface area contributed by atoms with Crippen molar-refractivity contribution in [3.8, 4) is 17.2 Å². The van der Waals surface area contributed by atoms with Crippen LogP contribution in [-0.4, -0.2) is 33.4 Å². The molecule has 6 nitrogen and oxygen atoms in total. The molecule has 0 spiro atoms. The molecule has 3 rings (SSSR count). The molecule has 6 heteroatoms. The van der Waals surface area contributed by atoms with Gasteiger partial charge in [-0.05, 0) is 54.7 Å².